The van der Waals surface area contributed by atoms with Gasteiger partial charge < -0.3 is 15.0 Å². The van der Waals surface area contributed by atoms with Crippen molar-refractivity contribution in [3.63, 3.8) is 0 Å². The average molecular weight is 482 g/mol. The van der Waals surface area contributed by atoms with Gasteiger partial charge in [0, 0.05) is 11.2 Å². The van der Waals surface area contributed by atoms with Gasteiger partial charge in [0.15, 0.2) is 5.76 Å². The SMILES string of the molecule is CC(C)(C)C1CCC2O/C(=C/c3ccc(Cl)cc3)C(=O)N(CC(=O)NCc3ccccn3)C2C1. The van der Waals surface area contributed by atoms with E-state index < -0.39 is 0 Å². The Morgan fingerprint density at radius 3 is 2.65 bits per heavy atom. The number of carbonyl (C=O) groups excluding carboxylic acids is 2. The molecule has 4 rings (SSSR count). The zero-order valence-corrected chi connectivity index (χ0v) is 20.7. The maximum atomic E-state index is 13.5. The first kappa shape index (κ1) is 24.3. The maximum absolute atomic E-state index is 13.5. The van der Waals surface area contributed by atoms with Crippen LogP contribution < -0.4 is 5.32 Å². The van der Waals surface area contributed by atoms with Crippen molar-refractivity contribution in [1.29, 1.82) is 0 Å². The fourth-order valence-corrected chi connectivity index (χ4v) is 4.90. The topological polar surface area (TPSA) is 71.5 Å². The molecule has 0 bridgehead atoms. The van der Waals surface area contributed by atoms with Crippen LogP contribution in [-0.2, 0) is 20.9 Å². The van der Waals surface area contributed by atoms with Crippen molar-refractivity contribution in [3.05, 3.63) is 70.7 Å². The molecule has 1 saturated heterocycles. The number of nitrogens with zero attached hydrogens (tertiary/aromatic N) is 2. The highest BCUT2D eigenvalue weighted by atomic mass is 35.5. The number of amides is 2. The molecular weight excluding hydrogens is 450 g/mol. The molecule has 1 aromatic carbocycles. The Balaban J connectivity index is 1.55. The lowest BCUT2D eigenvalue weighted by molar-refractivity contribution is -0.154. The number of morpholine rings is 1. The van der Waals surface area contributed by atoms with Crippen LogP contribution in [0.25, 0.3) is 6.08 Å². The van der Waals surface area contributed by atoms with Crippen LogP contribution in [0.2, 0.25) is 5.02 Å². The number of halogens is 1. The van der Waals surface area contributed by atoms with Crippen molar-refractivity contribution in [1.82, 2.24) is 15.2 Å². The summed E-state index contributed by atoms with van der Waals surface area (Å²) in [6.45, 7) is 7.02. The summed E-state index contributed by atoms with van der Waals surface area (Å²) in [6.07, 6.45) is 6.01. The molecule has 3 atom stereocenters. The number of carbonyl (C=O) groups is 2. The zero-order valence-electron chi connectivity index (χ0n) is 20.0. The van der Waals surface area contributed by atoms with E-state index in [1.165, 1.54) is 0 Å². The molecule has 3 unspecified atom stereocenters. The van der Waals surface area contributed by atoms with Gasteiger partial charge in [0.25, 0.3) is 5.91 Å². The van der Waals surface area contributed by atoms with Crippen LogP contribution in [0.1, 0.15) is 51.3 Å². The summed E-state index contributed by atoms with van der Waals surface area (Å²) in [5.41, 5.74) is 1.73. The molecule has 7 heteroatoms. The number of nitrogens with one attached hydrogen (secondary N) is 1. The summed E-state index contributed by atoms with van der Waals surface area (Å²) in [5, 5.41) is 3.53. The second-order valence-corrected chi connectivity index (χ2v) is 10.6. The molecule has 2 aliphatic rings. The van der Waals surface area contributed by atoms with Crippen LogP contribution >= 0.6 is 11.6 Å². The summed E-state index contributed by atoms with van der Waals surface area (Å²) in [5.74, 6) is 0.267. The number of hydrogen-bond donors (Lipinski definition) is 1. The molecule has 34 heavy (non-hydrogen) atoms. The van der Waals surface area contributed by atoms with E-state index in [1.807, 2.05) is 30.3 Å². The highest BCUT2D eigenvalue weighted by Gasteiger charge is 2.46. The van der Waals surface area contributed by atoms with Crippen LogP contribution in [0.15, 0.2) is 54.4 Å². The lowest BCUT2D eigenvalue weighted by Gasteiger charge is -2.48. The average Bonchev–Trinajstić information content (AvgIpc) is 2.81. The summed E-state index contributed by atoms with van der Waals surface area (Å²) in [7, 11) is 0. The largest absolute Gasteiger partial charge is 0.482 e. The Labute approximate surface area is 206 Å². The van der Waals surface area contributed by atoms with Crippen LogP contribution in [0.3, 0.4) is 0 Å². The Hall–Kier alpha value is -2.86. The van der Waals surface area contributed by atoms with Crippen molar-refractivity contribution in [3.8, 4) is 0 Å². The number of benzene rings is 1. The molecule has 0 spiro atoms. The Kier molecular flexibility index (Phi) is 7.27. The fourth-order valence-electron chi connectivity index (χ4n) is 4.77. The first-order valence-corrected chi connectivity index (χ1v) is 12.2. The molecule has 1 aromatic heterocycles. The molecule has 2 fully saturated rings. The molecule has 1 aliphatic carbocycles. The van der Waals surface area contributed by atoms with E-state index in [1.54, 1.807) is 29.3 Å². The van der Waals surface area contributed by atoms with E-state index in [2.05, 4.69) is 31.1 Å². The second-order valence-electron chi connectivity index (χ2n) is 10.2. The monoisotopic (exact) mass is 481 g/mol. The predicted molar refractivity (Wildman–Crippen MR) is 133 cm³/mol. The lowest BCUT2D eigenvalue weighted by Crippen LogP contribution is -2.58. The van der Waals surface area contributed by atoms with Gasteiger partial charge in [0.1, 0.15) is 12.6 Å². The first-order valence-electron chi connectivity index (χ1n) is 11.8. The molecule has 1 aliphatic heterocycles. The van der Waals surface area contributed by atoms with Crippen molar-refractivity contribution < 1.29 is 14.3 Å². The minimum atomic E-state index is -0.251. The van der Waals surface area contributed by atoms with E-state index in [0.717, 1.165) is 30.5 Å². The van der Waals surface area contributed by atoms with Gasteiger partial charge in [-0.3, -0.25) is 14.6 Å². The molecule has 2 aromatic rings. The molecule has 1 saturated carbocycles. The van der Waals surface area contributed by atoms with Crippen molar-refractivity contribution in [2.75, 3.05) is 6.54 Å². The minimum Gasteiger partial charge on any atom is -0.482 e. The van der Waals surface area contributed by atoms with Gasteiger partial charge in [-0.15, -0.1) is 0 Å². The van der Waals surface area contributed by atoms with Gasteiger partial charge in [-0.05, 0) is 66.5 Å². The number of fused-ring (bicyclic) bond motifs is 1. The van der Waals surface area contributed by atoms with E-state index >= 15 is 0 Å². The second kappa shape index (κ2) is 10.2. The van der Waals surface area contributed by atoms with Gasteiger partial charge in [0.05, 0.1) is 18.3 Å². The number of pyridine rings is 1. The van der Waals surface area contributed by atoms with Crippen LogP contribution in [-0.4, -0.2) is 40.4 Å². The van der Waals surface area contributed by atoms with Crippen LogP contribution in [0.4, 0.5) is 0 Å². The number of ether oxygens (including phenoxy) is 1. The minimum absolute atomic E-state index is 0.00891. The molecule has 2 heterocycles. The van der Waals surface area contributed by atoms with Crippen molar-refractivity contribution in [2.24, 2.45) is 11.3 Å². The van der Waals surface area contributed by atoms with Crippen LogP contribution in [0, 0.1) is 11.3 Å². The van der Waals surface area contributed by atoms with Gasteiger partial charge in [-0.2, -0.15) is 0 Å². The smallest absolute Gasteiger partial charge is 0.289 e. The standard InChI is InChI=1S/C27H32ClN3O3/c1-27(2,3)19-9-12-23-22(15-19)31(17-25(32)30-16-21-6-4-5-13-29-21)26(33)24(34-23)14-18-7-10-20(28)11-8-18/h4-8,10-11,13-14,19,22-23H,9,12,15-17H2,1-3H3,(H,30,32)/b24-14+. The molecule has 2 amide bonds. The molecule has 180 valence electrons. The zero-order chi connectivity index (χ0) is 24.3. The van der Waals surface area contributed by atoms with Crippen LogP contribution in [0.5, 0.6) is 0 Å². The van der Waals surface area contributed by atoms with Gasteiger partial charge in [-0.1, -0.05) is 50.6 Å². The molecule has 1 N–H and O–H groups in total. The third-order valence-corrected chi connectivity index (χ3v) is 7.06. The number of hydrogen-bond acceptors (Lipinski definition) is 4. The Morgan fingerprint density at radius 2 is 1.97 bits per heavy atom. The summed E-state index contributed by atoms with van der Waals surface area (Å²) >= 11 is 6.00. The maximum Gasteiger partial charge on any atom is 0.289 e. The summed E-state index contributed by atoms with van der Waals surface area (Å²) in [4.78, 5) is 32.4. The third-order valence-electron chi connectivity index (χ3n) is 6.80. The summed E-state index contributed by atoms with van der Waals surface area (Å²) < 4.78 is 6.23. The van der Waals surface area contributed by atoms with Crippen molar-refractivity contribution in [2.45, 2.75) is 58.7 Å². The van der Waals surface area contributed by atoms with Gasteiger partial charge in [-0.25, -0.2) is 0 Å². The number of aromatic nitrogens is 1. The quantitative estimate of drug-likeness (QED) is 0.620. The van der Waals surface area contributed by atoms with E-state index in [9.17, 15) is 9.59 Å². The van der Waals surface area contributed by atoms with Gasteiger partial charge in [0.2, 0.25) is 5.91 Å². The molecular formula is C27H32ClN3O3. The molecule has 6 nitrogen and oxygen atoms in total. The van der Waals surface area contributed by atoms with Gasteiger partial charge >= 0.3 is 0 Å². The number of rotatable bonds is 5. The normalized spacial score (nSPS) is 23.9. The van der Waals surface area contributed by atoms with E-state index in [-0.39, 0.29) is 41.7 Å². The lowest BCUT2D eigenvalue weighted by atomic mass is 9.69. The molecule has 0 radical (unpaired) electrons. The third kappa shape index (κ3) is 5.79. The highest BCUT2D eigenvalue weighted by molar-refractivity contribution is 6.30. The highest BCUT2D eigenvalue weighted by Crippen LogP contribution is 2.42. The summed E-state index contributed by atoms with van der Waals surface area (Å²) in [6, 6.07) is 12.7. The predicted octanol–water partition coefficient (Wildman–Crippen LogP) is 4.83. The Morgan fingerprint density at radius 1 is 1.21 bits per heavy atom. The van der Waals surface area contributed by atoms with E-state index in [4.69, 9.17) is 16.3 Å². The first-order chi connectivity index (χ1) is 16.2. The van der Waals surface area contributed by atoms with E-state index in [0.29, 0.717) is 17.5 Å². The Bertz CT molecular complexity index is 1050. The fraction of sp³-hybridized carbons (Fsp3) is 0.444. The van der Waals surface area contributed by atoms with Crippen molar-refractivity contribution >= 4 is 29.5 Å².